The molecule has 0 heterocycles. The van der Waals surface area contributed by atoms with Crippen LogP contribution < -0.4 is 0 Å². The lowest BCUT2D eigenvalue weighted by atomic mass is 9.78. The number of hydrogen-bond acceptors (Lipinski definition) is 1. The zero-order valence-corrected chi connectivity index (χ0v) is 13.2. The minimum absolute atomic E-state index is 0.436. The molecule has 0 amide bonds. The fourth-order valence-corrected chi connectivity index (χ4v) is 3.76. The Morgan fingerprint density at radius 2 is 2.05 bits per heavy atom. The Kier molecular flexibility index (Phi) is 3.58. The molecule has 3 rings (SSSR count). The van der Waals surface area contributed by atoms with E-state index in [1.165, 1.54) is 11.1 Å². The van der Waals surface area contributed by atoms with E-state index >= 15 is 0 Å². The summed E-state index contributed by atoms with van der Waals surface area (Å²) in [5, 5.41) is 10.5. The first-order valence-corrected chi connectivity index (χ1v) is 7.75. The Bertz CT molecular complexity index is 704. The monoisotopic (exact) mass is 345 g/mol. The molecule has 0 aliphatic heterocycles. The highest BCUT2D eigenvalue weighted by atomic mass is 79.9. The molecule has 0 bridgehead atoms. The third-order valence-corrected chi connectivity index (χ3v) is 4.92. The number of fused-ring (bicyclic) bond motifs is 1. The van der Waals surface area contributed by atoms with E-state index < -0.39 is 5.41 Å². The number of hydrogen-bond donors (Lipinski definition) is 0. The van der Waals surface area contributed by atoms with Gasteiger partial charge in [0.05, 0.1) is 11.5 Å². The van der Waals surface area contributed by atoms with Gasteiger partial charge in [-0.2, -0.15) is 5.26 Å². The summed E-state index contributed by atoms with van der Waals surface area (Å²) < 4.78 is 0.962. The van der Waals surface area contributed by atoms with Crippen LogP contribution in [0.15, 0.2) is 46.9 Å². The number of rotatable bonds is 2. The minimum atomic E-state index is -0.436. The maximum Gasteiger partial charge on any atom is 0.0868 e. The van der Waals surface area contributed by atoms with E-state index in [9.17, 15) is 5.26 Å². The van der Waals surface area contributed by atoms with Gasteiger partial charge < -0.3 is 0 Å². The summed E-state index contributed by atoms with van der Waals surface area (Å²) in [5.41, 5.74) is 3.06. The van der Waals surface area contributed by atoms with Crippen LogP contribution in [0.2, 0.25) is 5.02 Å². The quantitative estimate of drug-likeness (QED) is 0.746. The van der Waals surface area contributed by atoms with Crippen molar-refractivity contribution in [1.82, 2.24) is 0 Å². The molecule has 1 unspecified atom stereocenters. The lowest BCUT2D eigenvalue weighted by Crippen LogP contribution is -2.24. The molecule has 1 nitrogen and oxygen atoms in total. The van der Waals surface area contributed by atoms with Gasteiger partial charge >= 0.3 is 0 Å². The Labute approximate surface area is 132 Å². The molecule has 1 atom stereocenters. The third kappa shape index (κ3) is 2.26. The van der Waals surface area contributed by atoms with Crippen LogP contribution in [-0.2, 0) is 18.3 Å². The van der Waals surface area contributed by atoms with Gasteiger partial charge in [0.25, 0.3) is 0 Å². The molecule has 0 spiro atoms. The molecule has 0 saturated heterocycles. The number of halogens is 2. The van der Waals surface area contributed by atoms with Crippen LogP contribution in [0.25, 0.3) is 0 Å². The molecule has 2 aromatic rings. The van der Waals surface area contributed by atoms with Crippen LogP contribution in [0.3, 0.4) is 0 Å². The lowest BCUT2D eigenvalue weighted by molar-refractivity contribution is 0.541. The molecule has 1 aliphatic carbocycles. The summed E-state index contributed by atoms with van der Waals surface area (Å²) >= 11 is 9.73. The van der Waals surface area contributed by atoms with Gasteiger partial charge in [-0.05, 0) is 48.1 Å². The van der Waals surface area contributed by atoms with Gasteiger partial charge in [0.1, 0.15) is 0 Å². The van der Waals surface area contributed by atoms with Gasteiger partial charge in [0.2, 0.25) is 0 Å². The third-order valence-electron chi connectivity index (χ3n) is 4.08. The van der Waals surface area contributed by atoms with Crippen LogP contribution in [0.1, 0.15) is 23.1 Å². The number of aryl methyl sites for hydroxylation is 1. The van der Waals surface area contributed by atoms with Crippen molar-refractivity contribution in [2.24, 2.45) is 0 Å². The van der Waals surface area contributed by atoms with Crippen molar-refractivity contribution in [3.63, 3.8) is 0 Å². The fourth-order valence-electron chi connectivity index (χ4n) is 3.02. The van der Waals surface area contributed by atoms with Crippen LogP contribution in [0.4, 0.5) is 0 Å². The molecule has 0 saturated carbocycles. The zero-order chi connectivity index (χ0) is 14.2. The molecule has 100 valence electrons. The lowest BCUT2D eigenvalue weighted by Gasteiger charge is -2.23. The van der Waals surface area contributed by atoms with Crippen molar-refractivity contribution in [1.29, 1.82) is 5.26 Å². The van der Waals surface area contributed by atoms with Crippen LogP contribution in [0, 0.1) is 11.3 Å². The van der Waals surface area contributed by atoms with Crippen molar-refractivity contribution in [2.45, 2.75) is 24.7 Å². The molecule has 3 heteroatoms. The summed E-state index contributed by atoms with van der Waals surface area (Å²) in [6.07, 6.45) is 2.51. The van der Waals surface area contributed by atoms with Crippen molar-refractivity contribution in [3.8, 4) is 6.07 Å². The van der Waals surface area contributed by atoms with Gasteiger partial charge in [-0.3, -0.25) is 0 Å². The number of nitrogens with zero attached hydrogens (tertiary/aromatic N) is 1. The minimum Gasteiger partial charge on any atom is -0.197 e. The predicted molar refractivity (Wildman–Crippen MR) is 84.9 cm³/mol. The molecule has 20 heavy (non-hydrogen) atoms. The predicted octanol–water partition coefficient (Wildman–Crippen LogP) is 5.05. The Morgan fingerprint density at radius 3 is 2.80 bits per heavy atom. The summed E-state index contributed by atoms with van der Waals surface area (Å²) in [6, 6.07) is 16.7. The smallest absolute Gasteiger partial charge is 0.0868 e. The first-order valence-electron chi connectivity index (χ1n) is 6.58. The van der Waals surface area contributed by atoms with E-state index in [1.807, 2.05) is 30.3 Å². The SMILES string of the molecule is N#CC1(Cc2ccc(Br)cc2Cl)CCc2ccccc21. The van der Waals surface area contributed by atoms with Crippen molar-refractivity contribution < 1.29 is 0 Å². The molecule has 2 aromatic carbocycles. The average Bonchev–Trinajstić information content (AvgIpc) is 2.82. The van der Waals surface area contributed by atoms with Gasteiger partial charge in [-0.25, -0.2) is 0 Å². The van der Waals surface area contributed by atoms with Crippen LogP contribution >= 0.6 is 27.5 Å². The van der Waals surface area contributed by atoms with E-state index in [1.54, 1.807) is 0 Å². The topological polar surface area (TPSA) is 23.8 Å². The first-order chi connectivity index (χ1) is 9.64. The molecule has 0 radical (unpaired) electrons. The first kappa shape index (κ1) is 13.7. The van der Waals surface area contributed by atoms with Gasteiger partial charge in [-0.15, -0.1) is 0 Å². The Hall–Kier alpha value is -1.30. The molecule has 0 N–H and O–H groups in total. The summed E-state index contributed by atoms with van der Waals surface area (Å²) in [4.78, 5) is 0. The fraction of sp³-hybridized carbons (Fsp3) is 0.235. The molecule has 0 aromatic heterocycles. The van der Waals surface area contributed by atoms with E-state index in [4.69, 9.17) is 11.6 Å². The number of nitriles is 1. The van der Waals surface area contributed by atoms with Gasteiger partial charge in [-0.1, -0.05) is 57.9 Å². The van der Waals surface area contributed by atoms with Crippen molar-refractivity contribution >= 4 is 27.5 Å². The van der Waals surface area contributed by atoms with E-state index in [0.717, 1.165) is 27.9 Å². The standard InChI is InChI=1S/C17H13BrClN/c18-14-6-5-13(16(19)9-14)10-17(11-20)8-7-12-3-1-2-4-15(12)17/h1-6,9H,7-8,10H2. The van der Waals surface area contributed by atoms with Gasteiger partial charge in [0.15, 0.2) is 0 Å². The zero-order valence-electron chi connectivity index (χ0n) is 10.9. The second kappa shape index (κ2) is 5.24. The molecular formula is C17H13BrClN. The maximum atomic E-state index is 9.77. The van der Waals surface area contributed by atoms with Crippen molar-refractivity contribution in [3.05, 3.63) is 68.7 Å². The second-order valence-corrected chi connectivity index (χ2v) is 6.59. The summed E-state index contributed by atoms with van der Waals surface area (Å²) in [7, 11) is 0. The highest BCUT2D eigenvalue weighted by Crippen LogP contribution is 2.42. The molecule has 0 fully saturated rings. The normalized spacial score (nSPS) is 20.4. The highest BCUT2D eigenvalue weighted by molar-refractivity contribution is 9.10. The Balaban J connectivity index is 2.02. The maximum absolute atomic E-state index is 9.77. The highest BCUT2D eigenvalue weighted by Gasteiger charge is 2.39. The second-order valence-electron chi connectivity index (χ2n) is 5.26. The van der Waals surface area contributed by atoms with Gasteiger partial charge in [0, 0.05) is 9.50 Å². The van der Waals surface area contributed by atoms with E-state index in [2.05, 4.69) is 34.1 Å². The van der Waals surface area contributed by atoms with Crippen molar-refractivity contribution in [2.75, 3.05) is 0 Å². The number of benzene rings is 2. The molecule has 1 aliphatic rings. The average molecular weight is 347 g/mol. The van der Waals surface area contributed by atoms with E-state index in [-0.39, 0.29) is 0 Å². The Morgan fingerprint density at radius 1 is 1.25 bits per heavy atom. The molecular weight excluding hydrogens is 334 g/mol. The van der Waals surface area contributed by atoms with Crippen LogP contribution in [0.5, 0.6) is 0 Å². The summed E-state index contributed by atoms with van der Waals surface area (Å²) in [5.74, 6) is 0. The summed E-state index contributed by atoms with van der Waals surface area (Å²) in [6.45, 7) is 0. The van der Waals surface area contributed by atoms with E-state index in [0.29, 0.717) is 6.42 Å². The van der Waals surface area contributed by atoms with Crippen LogP contribution in [-0.4, -0.2) is 0 Å². The largest absolute Gasteiger partial charge is 0.197 e.